The number of carbonyl (C=O) groups is 2. The first-order chi connectivity index (χ1) is 14.3. The molecular formula is C20H23N3O5S2. The summed E-state index contributed by atoms with van der Waals surface area (Å²) in [4.78, 5) is 28.5. The van der Waals surface area contributed by atoms with Crippen LogP contribution in [-0.4, -0.2) is 49.9 Å². The Kier molecular flexibility index (Phi) is 5.54. The lowest BCUT2D eigenvalue weighted by atomic mass is 9.88. The fourth-order valence-corrected chi connectivity index (χ4v) is 6.20. The number of fused-ring (bicyclic) bond motifs is 2. The van der Waals surface area contributed by atoms with E-state index in [4.69, 9.17) is 4.74 Å². The maximum atomic E-state index is 13.1. The molecule has 160 valence electrons. The number of amides is 1. The minimum absolute atomic E-state index is 0.0986. The molecule has 0 fully saturated rings. The SMILES string of the molecule is CCOC(=O)c1c(NC(=O)C2=CC=CN3CCS(=O)(=O)N=C23)sc2c1CCC(C)C2. The monoisotopic (exact) mass is 449 g/mol. The number of thiophene rings is 1. The van der Waals surface area contributed by atoms with Gasteiger partial charge in [-0.2, -0.15) is 0 Å². The maximum absolute atomic E-state index is 13.1. The van der Waals surface area contributed by atoms with Crippen molar-refractivity contribution in [2.45, 2.75) is 33.1 Å². The third kappa shape index (κ3) is 3.93. The number of nitrogens with one attached hydrogen (secondary N) is 1. The van der Waals surface area contributed by atoms with Crippen molar-refractivity contribution in [1.29, 1.82) is 0 Å². The van der Waals surface area contributed by atoms with Gasteiger partial charge in [0.25, 0.3) is 15.9 Å². The van der Waals surface area contributed by atoms with Gasteiger partial charge in [0.15, 0.2) is 5.84 Å². The highest BCUT2D eigenvalue weighted by atomic mass is 32.2. The fraction of sp³-hybridized carbons (Fsp3) is 0.450. The van der Waals surface area contributed by atoms with Crippen LogP contribution in [0.25, 0.3) is 0 Å². The van der Waals surface area contributed by atoms with Gasteiger partial charge in [-0.05, 0) is 49.8 Å². The number of ether oxygens (including phenoxy) is 1. The Hall–Kier alpha value is -2.46. The lowest BCUT2D eigenvalue weighted by Gasteiger charge is -2.28. The quantitative estimate of drug-likeness (QED) is 0.708. The van der Waals surface area contributed by atoms with Crippen molar-refractivity contribution in [3.63, 3.8) is 0 Å². The van der Waals surface area contributed by atoms with E-state index in [1.165, 1.54) is 17.4 Å². The number of carbonyl (C=O) groups excluding carboxylic acids is 2. The second kappa shape index (κ2) is 7.99. The third-order valence-corrected chi connectivity index (χ3v) is 7.64. The predicted octanol–water partition coefficient (Wildman–Crippen LogP) is 2.49. The Morgan fingerprint density at radius 2 is 2.20 bits per heavy atom. The average Bonchev–Trinajstić information content (AvgIpc) is 3.03. The minimum Gasteiger partial charge on any atom is -0.462 e. The van der Waals surface area contributed by atoms with E-state index in [-0.39, 0.29) is 30.3 Å². The molecule has 1 aliphatic carbocycles. The number of hydrogen-bond donors (Lipinski definition) is 1. The van der Waals surface area contributed by atoms with Crippen LogP contribution < -0.4 is 5.32 Å². The van der Waals surface area contributed by atoms with E-state index in [0.717, 1.165) is 29.7 Å². The second-order valence-electron chi connectivity index (χ2n) is 7.55. The van der Waals surface area contributed by atoms with Crippen molar-refractivity contribution < 1.29 is 22.7 Å². The largest absolute Gasteiger partial charge is 0.462 e. The first kappa shape index (κ1) is 20.8. The van der Waals surface area contributed by atoms with Gasteiger partial charge in [-0.25, -0.2) is 13.2 Å². The van der Waals surface area contributed by atoms with E-state index in [1.807, 2.05) is 0 Å². The van der Waals surface area contributed by atoms with Crippen LogP contribution in [0.5, 0.6) is 0 Å². The number of nitrogens with zero attached hydrogens (tertiary/aromatic N) is 2. The van der Waals surface area contributed by atoms with Gasteiger partial charge in [-0.1, -0.05) is 6.92 Å². The molecule has 1 aromatic rings. The lowest BCUT2D eigenvalue weighted by Crippen LogP contribution is -2.40. The van der Waals surface area contributed by atoms with E-state index >= 15 is 0 Å². The van der Waals surface area contributed by atoms with Gasteiger partial charge < -0.3 is 15.0 Å². The summed E-state index contributed by atoms with van der Waals surface area (Å²) in [5, 5.41) is 3.27. The number of rotatable bonds is 4. The normalized spacial score (nSPS) is 21.8. The molecule has 1 N–H and O–H groups in total. The number of anilines is 1. The molecule has 3 heterocycles. The number of esters is 1. The number of amidine groups is 1. The lowest BCUT2D eigenvalue weighted by molar-refractivity contribution is -0.112. The minimum atomic E-state index is -3.61. The summed E-state index contributed by atoms with van der Waals surface area (Å²) in [6, 6.07) is 0. The van der Waals surface area contributed by atoms with E-state index in [1.54, 1.807) is 24.1 Å². The molecule has 0 spiro atoms. The molecular weight excluding hydrogens is 426 g/mol. The van der Waals surface area contributed by atoms with Gasteiger partial charge in [0.1, 0.15) is 5.00 Å². The number of sulfonamides is 1. The molecule has 0 aromatic carbocycles. The molecule has 10 heteroatoms. The smallest absolute Gasteiger partial charge is 0.341 e. The summed E-state index contributed by atoms with van der Waals surface area (Å²) in [5.74, 6) is -0.433. The zero-order valence-electron chi connectivity index (χ0n) is 16.8. The van der Waals surface area contributed by atoms with Gasteiger partial charge in [-0.15, -0.1) is 15.7 Å². The first-order valence-corrected chi connectivity index (χ1v) is 12.3. The Balaban J connectivity index is 1.68. The molecule has 0 bridgehead atoms. The molecule has 1 aromatic heterocycles. The first-order valence-electron chi connectivity index (χ1n) is 9.90. The van der Waals surface area contributed by atoms with Crippen molar-refractivity contribution >= 4 is 44.1 Å². The summed E-state index contributed by atoms with van der Waals surface area (Å²) >= 11 is 1.39. The molecule has 1 amide bonds. The van der Waals surface area contributed by atoms with Gasteiger partial charge in [0, 0.05) is 17.6 Å². The zero-order chi connectivity index (χ0) is 21.5. The fourth-order valence-electron chi connectivity index (χ4n) is 3.82. The van der Waals surface area contributed by atoms with Crippen molar-refractivity contribution in [2.75, 3.05) is 24.2 Å². The van der Waals surface area contributed by atoms with Crippen molar-refractivity contribution in [3.8, 4) is 0 Å². The molecule has 0 saturated carbocycles. The van der Waals surface area contributed by atoms with Gasteiger partial charge in [-0.3, -0.25) is 4.79 Å². The second-order valence-corrected chi connectivity index (χ2v) is 10.4. The standard InChI is InChI=1S/C20H23N3O5S2/c1-3-28-20(25)16-13-7-6-12(2)11-15(13)29-19(16)21-18(24)14-5-4-8-23-9-10-30(26,27)22-17(14)23/h4-5,8,12H,3,6-7,9-11H2,1-2H3,(H,21,24). The summed E-state index contributed by atoms with van der Waals surface area (Å²) in [7, 11) is -3.61. The summed E-state index contributed by atoms with van der Waals surface area (Å²) in [6.45, 7) is 4.39. The molecule has 1 atom stereocenters. The topological polar surface area (TPSA) is 105 Å². The summed E-state index contributed by atoms with van der Waals surface area (Å²) < 4.78 is 32.9. The van der Waals surface area contributed by atoms with E-state index in [9.17, 15) is 18.0 Å². The molecule has 30 heavy (non-hydrogen) atoms. The molecule has 4 rings (SSSR count). The Bertz CT molecular complexity index is 1100. The van der Waals surface area contributed by atoms with Crippen molar-refractivity contribution in [2.24, 2.45) is 10.3 Å². The van der Waals surface area contributed by atoms with Crippen LogP contribution in [0.15, 0.2) is 28.3 Å². The number of allylic oxidation sites excluding steroid dienone is 2. The summed E-state index contributed by atoms with van der Waals surface area (Å²) in [5.41, 5.74) is 1.51. The van der Waals surface area contributed by atoms with Crippen molar-refractivity contribution in [3.05, 3.63) is 39.9 Å². The highest BCUT2D eigenvalue weighted by Gasteiger charge is 2.33. The van der Waals surface area contributed by atoms with Crippen LogP contribution in [0.3, 0.4) is 0 Å². The average molecular weight is 450 g/mol. The van der Waals surface area contributed by atoms with Crippen molar-refractivity contribution in [1.82, 2.24) is 4.90 Å². The highest BCUT2D eigenvalue weighted by molar-refractivity contribution is 7.90. The molecule has 1 unspecified atom stereocenters. The molecule has 8 nitrogen and oxygen atoms in total. The predicted molar refractivity (Wildman–Crippen MR) is 115 cm³/mol. The van der Waals surface area contributed by atoms with E-state index in [2.05, 4.69) is 16.6 Å². The van der Waals surface area contributed by atoms with Crippen LogP contribution in [0.4, 0.5) is 5.00 Å². The van der Waals surface area contributed by atoms with Gasteiger partial charge in [0.05, 0.1) is 23.5 Å². The molecule has 2 aliphatic heterocycles. The Morgan fingerprint density at radius 3 is 2.97 bits per heavy atom. The van der Waals surface area contributed by atoms with Crippen LogP contribution in [0, 0.1) is 5.92 Å². The summed E-state index contributed by atoms with van der Waals surface area (Å²) in [6.07, 6.45) is 7.50. The third-order valence-electron chi connectivity index (χ3n) is 5.32. The maximum Gasteiger partial charge on any atom is 0.341 e. The van der Waals surface area contributed by atoms with E-state index < -0.39 is 21.9 Å². The van der Waals surface area contributed by atoms with Gasteiger partial charge >= 0.3 is 5.97 Å². The van der Waals surface area contributed by atoms with Crippen LogP contribution >= 0.6 is 11.3 Å². The highest BCUT2D eigenvalue weighted by Crippen LogP contribution is 2.40. The van der Waals surface area contributed by atoms with Crippen LogP contribution in [0.1, 0.15) is 41.1 Å². The van der Waals surface area contributed by atoms with E-state index in [0.29, 0.717) is 16.5 Å². The Labute approximate surface area is 179 Å². The molecule has 0 saturated heterocycles. The number of hydrogen-bond acceptors (Lipinski definition) is 7. The molecule has 3 aliphatic rings. The van der Waals surface area contributed by atoms with Gasteiger partial charge in [0.2, 0.25) is 0 Å². The van der Waals surface area contributed by atoms with Crippen LogP contribution in [-0.2, 0) is 32.4 Å². The van der Waals surface area contributed by atoms with Crippen LogP contribution in [0.2, 0.25) is 0 Å². The Morgan fingerprint density at radius 1 is 1.40 bits per heavy atom. The molecule has 0 radical (unpaired) electrons. The zero-order valence-corrected chi connectivity index (χ0v) is 18.4.